The topological polar surface area (TPSA) is 42.0 Å². The predicted molar refractivity (Wildman–Crippen MR) is 72.4 cm³/mol. The number of rotatable bonds is 4. The summed E-state index contributed by atoms with van der Waals surface area (Å²) >= 11 is 3.23. The minimum Gasteiger partial charge on any atom is -0.302 e. The number of anilines is 1. The molecule has 17 heavy (non-hydrogen) atoms. The first-order valence-electron chi connectivity index (χ1n) is 5.14. The molecular formula is C12H12N2OS2. The molecule has 0 bridgehead atoms. The van der Waals surface area contributed by atoms with Crippen LogP contribution in [-0.4, -0.2) is 10.9 Å². The van der Waals surface area contributed by atoms with Crippen molar-refractivity contribution in [1.82, 2.24) is 4.98 Å². The van der Waals surface area contributed by atoms with Crippen LogP contribution in [0.25, 0.3) is 0 Å². The zero-order valence-electron chi connectivity index (χ0n) is 9.34. The van der Waals surface area contributed by atoms with E-state index in [9.17, 15) is 4.79 Å². The van der Waals surface area contributed by atoms with Crippen LogP contribution in [0, 0.1) is 0 Å². The Labute approximate surface area is 108 Å². The van der Waals surface area contributed by atoms with E-state index in [1.54, 1.807) is 18.0 Å². The number of hydrogen-bond acceptors (Lipinski definition) is 4. The van der Waals surface area contributed by atoms with Crippen molar-refractivity contribution in [2.45, 2.75) is 16.9 Å². The van der Waals surface area contributed by atoms with E-state index in [0.717, 1.165) is 9.96 Å². The van der Waals surface area contributed by atoms with Gasteiger partial charge in [-0.05, 0) is 5.56 Å². The number of aromatic nitrogens is 1. The third kappa shape index (κ3) is 3.87. The highest BCUT2D eigenvalue weighted by Gasteiger charge is 2.03. The minimum atomic E-state index is -0.0843. The number of benzene rings is 1. The van der Waals surface area contributed by atoms with Gasteiger partial charge in [0.25, 0.3) is 0 Å². The summed E-state index contributed by atoms with van der Waals surface area (Å²) in [6.07, 6.45) is 1.80. The molecule has 0 aliphatic carbocycles. The Morgan fingerprint density at radius 1 is 1.41 bits per heavy atom. The fourth-order valence-electron chi connectivity index (χ4n) is 1.26. The van der Waals surface area contributed by atoms with Crippen molar-refractivity contribution in [3.8, 4) is 0 Å². The molecule has 0 atom stereocenters. The van der Waals surface area contributed by atoms with Gasteiger partial charge in [-0.15, -0.1) is 11.8 Å². The van der Waals surface area contributed by atoms with E-state index >= 15 is 0 Å². The lowest BCUT2D eigenvalue weighted by atomic mass is 10.2. The van der Waals surface area contributed by atoms with E-state index in [1.807, 2.05) is 18.2 Å². The lowest BCUT2D eigenvalue weighted by Crippen LogP contribution is -2.04. The van der Waals surface area contributed by atoms with Gasteiger partial charge >= 0.3 is 0 Å². The van der Waals surface area contributed by atoms with Gasteiger partial charge in [0.2, 0.25) is 5.91 Å². The third-order valence-electron chi connectivity index (χ3n) is 1.99. The van der Waals surface area contributed by atoms with Gasteiger partial charge in [0.1, 0.15) is 0 Å². The maximum Gasteiger partial charge on any atom is 0.223 e. The Kier molecular flexibility index (Phi) is 4.17. The summed E-state index contributed by atoms with van der Waals surface area (Å²) in [4.78, 5) is 15.0. The first-order valence-corrected chi connectivity index (χ1v) is 6.94. The lowest BCUT2D eigenvalue weighted by Gasteiger charge is -1.97. The van der Waals surface area contributed by atoms with Crippen LogP contribution in [0.15, 0.2) is 40.7 Å². The van der Waals surface area contributed by atoms with Crippen LogP contribution < -0.4 is 5.32 Å². The highest BCUT2D eigenvalue weighted by atomic mass is 32.2. The molecule has 1 amide bonds. The second-order valence-electron chi connectivity index (χ2n) is 3.44. The summed E-state index contributed by atoms with van der Waals surface area (Å²) in [6.45, 7) is 1.48. The van der Waals surface area contributed by atoms with E-state index in [4.69, 9.17) is 0 Å². The molecule has 5 heteroatoms. The van der Waals surface area contributed by atoms with Crippen molar-refractivity contribution in [1.29, 1.82) is 0 Å². The van der Waals surface area contributed by atoms with Gasteiger partial charge in [0.05, 0.1) is 10.4 Å². The van der Waals surface area contributed by atoms with Gasteiger partial charge in [-0.25, -0.2) is 4.98 Å². The van der Waals surface area contributed by atoms with Gasteiger partial charge in [-0.3, -0.25) is 4.79 Å². The summed E-state index contributed by atoms with van der Waals surface area (Å²) in [5.41, 5.74) is 1.28. The summed E-state index contributed by atoms with van der Waals surface area (Å²) in [6, 6.07) is 10.3. The van der Waals surface area contributed by atoms with E-state index in [-0.39, 0.29) is 5.91 Å². The number of carbonyl (C=O) groups is 1. The van der Waals surface area contributed by atoms with Crippen molar-refractivity contribution in [2.24, 2.45) is 0 Å². The second kappa shape index (κ2) is 5.84. The number of amides is 1. The van der Waals surface area contributed by atoms with Crippen molar-refractivity contribution in [3.63, 3.8) is 0 Å². The highest BCUT2D eigenvalue weighted by molar-refractivity contribution is 8.00. The number of thioether (sulfide) groups is 1. The Balaban J connectivity index is 1.91. The monoisotopic (exact) mass is 264 g/mol. The molecule has 88 valence electrons. The van der Waals surface area contributed by atoms with Crippen LogP contribution in [0.5, 0.6) is 0 Å². The summed E-state index contributed by atoms with van der Waals surface area (Å²) in [5, 5.41) is 3.34. The second-order valence-corrected chi connectivity index (χ2v) is 5.75. The largest absolute Gasteiger partial charge is 0.302 e. The predicted octanol–water partition coefficient (Wildman–Crippen LogP) is 3.39. The van der Waals surface area contributed by atoms with E-state index in [0.29, 0.717) is 5.13 Å². The maximum atomic E-state index is 10.9. The quantitative estimate of drug-likeness (QED) is 0.861. The van der Waals surface area contributed by atoms with E-state index in [2.05, 4.69) is 22.4 Å². The van der Waals surface area contributed by atoms with Gasteiger partial charge in [-0.2, -0.15) is 0 Å². The molecule has 0 saturated heterocycles. The normalized spacial score (nSPS) is 10.2. The number of carbonyl (C=O) groups excluding carboxylic acids is 1. The summed E-state index contributed by atoms with van der Waals surface area (Å²) in [5.74, 6) is 0.835. The number of nitrogens with one attached hydrogen (secondary N) is 1. The van der Waals surface area contributed by atoms with Crippen LogP contribution >= 0.6 is 23.1 Å². The average molecular weight is 264 g/mol. The van der Waals surface area contributed by atoms with Crippen LogP contribution in [0.1, 0.15) is 12.5 Å². The number of nitrogens with zero attached hydrogens (tertiary/aromatic N) is 1. The molecule has 3 nitrogen and oxygen atoms in total. The minimum absolute atomic E-state index is 0.0843. The molecule has 0 spiro atoms. The first-order chi connectivity index (χ1) is 8.24. The molecule has 1 aromatic carbocycles. The van der Waals surface area contributed by atoms with Crippen LogP contribution in [-0.2, 0) is 10.5 Å². The van der Waals surface area contributed by atoms with Gasteiger partial charge < -0.3 is 5.32 Å². The SMILES string of the molecule is CC(=O)Nc1ncc(SCc2ccccc2)s1. The molecule has 2 aromatic rings. The average Bonchev–Trinajstić information content (AvgIpc) is 2.75. The third-order valence-corrected chi connectivity index (χ3v) is 4.17. The lowest BCUT2D eigenvalue weighted by molar-refractivity contribution is -0.114. The van der Waals surface area contributed by atoms with Gasteiger partial charge in [-0.1, -0.05) is 41.7 Å². The Hall–Kier alpha value is -1.33. The van der Waals surface area contributed by atoms with Crippen LogP contribution in [0.3, 0.4) is 0 Å². The highest BCUT2D eigenvalue weighted by Crippen LogP contribution is 2.30. The van der Waals surface area contributed by atoms with E-state index < -0.39 is 0 Å². The molecule has 0 unspecified atom stereocenters. The number of hydrogen-bond donors (Lipinski definition) is 1. The Bertz CT molecular complexity index is 496. The molecule has 1 aromatic heterocycles. The Morgan fingerprint density at radius 3 is 2.88 bits per heavy atom. The molecule has 2 rings (SSSR count). The fraction of sp³-hybridized carbons (Fsp3) is 0.167. The van der Waals surface area contributed by atoms with E-state index in [1.165, 1.54) is 23.8 Å². The zero-order valence-corrected chi connectivity index (χ0v) is 11.0. The van der Waals surface area contributed by atoms with Crippen molar-refractivity contribution < 1.29 is 4.79 Å². The van der Waals surface area contributed by atoms with Crippen molar-refractivity contribution in [2.75, 3.05) is 5.32 Å². The molecule has 0 aliphatic heterocycles. The molecule has 1 N–H and O–H groups in total. The summed E-state index contributed by atoms with van der Waals surface area (Å²) < 4.78 is 1.11. The molecule has 0 fully saturated rings. The van der Waals surface area contributed by atoms with Gasteiger partial charge in [0, 0.05) is 12.7 Å². The van der Waals surface area contributed by atoms with Gasteiger partial charge in [0.15, 0.2) is 5.13 Å². The fourth-order valence-corrected chi connectivity index (χ4v) is 3.14. The zero-order chi connectivity index (χ0) is 12.1. The molecule has 0 aliphatic rings. The number of thiazole rings is 1. The van der Waals surface area contributed by atoms with Crippen molar-refractivity contribution in [3.05, 3.63) is 42.1 Å². The smallest absolute Gasteiger partial charge is 0.223 e. The van der Waals surface area contributed by atoms with Crippen LogP contribution in [0.4, 0.5) is 5.13 Å². The van der Waals surface area contributed by atoms with Crippen molar-refractivity contribution >= 4 is 34.1 Å². The Morgan fingerprint density at radius 2 is 2.18 bits per heavy atom. The molecular weight excluding hydrogens is 252 g/mol. The standard InChI is InChI=1S/C12H12N2OS2/c1-9(15)14-12-13-7-11(17-12)16-8-10-5-3-2-4-6-10/h2-7H,8H2,1H3,(H,13,14,15). The first kappa shape index (κ1) is 12.1. The summed E-state index contributed by atoms with van der Waals surface area (Å²) in [7, 11) is 0. The molecule has 1 heterocycles. The molecule has 0 radical (unpaired) electrons. The maximum absolute atomic E-state index is 10.9. The van der Waals surface area contributed by atoms with Crippen LogP contribution in [0.2, 0.25) is 0 Å². The molecule has 0 saturated carbocycles.